The first-order chi connectivity index (χ1) is 12.2. The van der Waals surface area contributed by atoms with E-state index in [0.717, 1.165) is 33.5 Å². The van der Waals surface area contributed by atoms with Crippen LogP contribution < -0.4 is 0 Å². The van der Waals surface area contributed by atoms with Gasteiger partial charge in [0.2, 0.25) is 0 Å². The van der Waals surface area contributed by atoms with E-state index in [2.05, 4.69) is 35.2 Å². The molecule has 4 aromatic heterocycles. The Morgan fingerprint density at radius 1 is 1.08 bits per heavy atom. The summed E-state index contributed by atoms with van der Waals surface area (Å²) < 4.78 is 4.17. The number of nitrogens with zero attached hydrogens (tertiary/aromatic N) is 5. The minimum atomic E-state index is 0.119. The molecule has 0 aliphatic heterocycles. The van der Waals surface area contributed by atoms with Crippen molar-refractivity contribution in [3.8, 4) is 0 Å². The zero-order chi connectivity index (χ0) is 17.0. The van der Waals surface area contributed by atoms with E-state index < -0.39 is 0 Å². The van der Waals surface area contributed by atoms with Crippen molar-refractivity contribution in [3.05, 3.63) is 65.4 Å². The Kier molecular flexibility index (Phi) is 3.23. The SMILES string of the molecule is Cc1cc(C)c2c(n1)[se]c1c2ncn2nc(Cc3ccccc3)nc12. The molecule has 0 aliphatic carbocycles. The predicted molar refractivity (Wildman–Crippen MR) is 99.3 cm³/mol. The van der Waals surface area contributed by atoms with E-state index in [1.165, 1.54) is 20.8 Å². The molecule has 0 amide bonds. The molecule has 0 atom stereocenters. The van der Waals surface area contributed by atoms with E-state index in [0.29, 0.717) is 0 Å². The molecule has 0 saturated heterocycles. The average molecular weight is 392 g/mol. The molecule has 5 aromatic rings. The van der Waals surface area contributed by atoms with Crippen LogP contribution in [0, 0.1) is 13.8 Å². The van der Waals surface area contributed by atoms with Gasteiger partial charge in [-0.05, 0) is 0 Å². The van der Waals surface area contributed by atoms with Gasteiger partial charge in [-0.15, -0.1) is 0 Å². The normalized spacial score (nSPS) is 11.8. The number of aromatic nitrogens is 5. The van der Waals surface area contributed by atoms with Gasteiger partial charge in [0.1, 0.15) is 0 Å². The summed E-state index contributed by atoms with van der Waals surface area (Å²) in [5.41, 5.74) is 5.47. The monoisotopic (exact) mass is 393 g/mol. The van der Waals surface area contributed by atoms with Gasteiger partial charge in [-0.25, -0.2) is 0 Å². The zero-order valence-electron chi connectivity index (χ0n) is 13.9. The molecule has 1 aromatic carbocycles. The molecule has 5 rings (SSSR count). The first-order valence-corrected chi connectivity index (χ1v) is 9.85. The van der Waals surface area contributed by atoms with E-state index in [4.69, 9.17) is 9.97 Å². The van der Waals surface area contributed by atoms with Crippen LogP contribution in [0.2, 0.25) is 0 Å². The van der Waals surface area contributed by atoms with Crippen LogP contribution in [0.1, 0.15) is 22.6 Å². The molecule has 0 saturated carbocycles. The Morgan fingerprint density at radius 2 is 1.92 bits per heavy atom. The fourth-order valence-electron chi connectivity index (χ4n) is 3.27. The van der Waals surface area contributed by atoms with Crippen molar-refractivity contribution < 1.29 is 0 Å². The fourth-order valence-corrected chi connectivity index (χ4v) is 5.84. The average Bonchev–Trinajstić information content (AvgIpc) is 3.15. The fraction of sp³-hybridized carbons (Fsp3) is 0.158. The van der Waals surface area contributed by atoms with Crippen LogP contribution in [-0.2, 0) is 6.42 Å². The number of benzene rings is 1. The molecule has 0 spiro atoms. The summed E-state index contributed by atoms with van der Waals surface area (Å²) in [5.74, 6) is 0.828. The first-order valence-electron chi connectivity index (χ1n) is 8.14. The molecule has 122 valence electrons. The molecule has 0 N–H and O–H groups in total. The van der Waals surface area contributed by atoms with Crippen LogP contribution >= 0.6 is 0 Å². The van der Waals surface area contributed by atoms with Crippen LogP contribution in [0.25, 0.3) is 25.2 Å². The summed E-state index contributed by atoms with van der Waals surface area (Å²) in [7, 11) is 0. The number of rotatable bonds is 2. The summed E-state index contributed by atoms with van der Waals surface area (Å²) >= 11 is 0.119. The van der Waals surface area contributed by atoms with Gasteiger partial charge in [0.05, 0.1) is 0 Å². The number of hydrogen-bond acceptors (Lipinski definition) is 4. The van der Waals surface area contributed by atoms with Crippen molar-refractivity contribution in [2.45, 2.75) is 20.3 Å². The van der Waals surface area contributed by atoms with Gasteiger partial charge in [0.15, 0.2) is 0 Å². The number of hydrogen-bond donors (Lipinski definition) is 0. The molecular weight excluding hydrogens is 377 g/mol. The molecule has 0 bridgehead atoms. The first kappa shape index (κ1) is 14.8. The Bertz CT molecular complexity index is 1240. The van der Waals surface area contributed by atoms with Crippen molar-refractivity contribution in [3.63, 3.8) is 0 Å². The molecule has 0 radical (unpaired) electrons. The molecule has 0 unspecified atom stereocenters. The second-order valence-corrected chi connectivity index (χ2v) is 8.34. The molecule has 5 nitrogen and oxygen atoms in total. The molecule has 0 aliphatic rings. The Balaban J connectivity index is 1.73. The number of fused-ring (bicyclic) bond motifs is 5. The van der Waals surface area contributed by atoms with Gasteiger partial charge >= 0.3 is 150 Å². The predicted octanol–water partition coefficient (Wildman–Crippen LogP) is 3.09. The molecular formula is C19H15N5Se. The second-order valence-electron chi connectivity index (χ2n) is 6.24. The van der Waals surface area contributed by atoms with Gasteiger partial charge in [-0.3, -0.25) is 0 Å². The van der Waals surface area contributed by atoms with E-state index in [9.17, 15) is 0 Å². The Morgan fingerprint density at radius 3 is 2.76 bits per heavy atom. The van der Waals surface area contributed by atoms with E-state index in [1.54, 1.807) is 6.33 Å². The summed E-state index contributed by atoms with van der Waals surface area (Å²) in [6.45, 7) is 4.18. The standard InChI is InChI=1S/C19H15N5Se/c1-11-8-12(2)21-19-15(11)16-17(25-19)18-22-14(23-24(18)10-20-16)9-13-6-4-3-5-7-13/h3-8,10H,9H2,1-2H3. The second kappa shape index (κ2) is 5.48. The third-order valence-corrected chi connectivity index (χ3v) is 6.58. The summed E-state index contributed by atoms with van der Waals surface area (Å²) in [6, 6.07) is 12.4. The molecule has 25 heavy (non-hydrogen) atoms. The van der Waals surface area contributed by atoms with Gasteiger partial charge in [-0.2, -0.15) is 0 Å². The molecule has 0 fully saturated rings. The van der Waals surface area contributed by atoms with Crippen LogP contribution in [-0.4, -0.2) is 39.1 Å². The third-order valence-electron chi connectivity index (χ3n) is 4.34. The van der Waals surface area contributed by atoms with E-state index in [1.807, 2.05) is 29.6 Å². The summed E-state index contributed by atoms with van der Waals surface area (Å²) in [5, 5.41) is 5.81. The van der Waals surface area contributed by atoms with Crippen molar-refractivity contribution in [2.24, 2.45) is 0 Å². The summed E-state index contributed by atoms with van der Waals surface area (Å²) in [4.78, 5) is 14.2. The van der Waals surface area contributed by atoms with Crippen molar-refractivity contribution >= 4 is 39.7 Å². The molecule has 4 heterocycles. The van der Waals surface area contributed by atoms with Crippen LogP contribution in [0.15, 0.2) is 42.7 Å². The zero-order valence-corrected chi connectivity index (χ0v) is 15.6. The third kappa shape index (κ3) is 2.37. The minimum absolute atomic E-state index is 0.119. The maximum atomic E-state index is 4.81. The quantitative estimate of drug-likeness (QED) is 0.433. The van der Waals surface area contributed by atoms with Crippen molar-refractivity contribution in [2.75, 3.05) is 0 Å². The Hall–Kier alpha value is -2.56. The van der Waals surface area contributed by atoms with Gasteiger partial charge < -0.3 is 0 Å². The summed E-state index contributed by atoms with van der Waals surface area (Å²) in [6.07, 6.45) is 2.51. The van der Waals surface area contributed by atoms with Crippen molar-refractivity contribution in [1.29, 1.82) is 0 Å². The Labute approximate surface area is 150 Å². The van der Waals surface area contributed by atoms with Crippen LogP contribution in [0.5, 0.6) is 0 Å². The van der Waals surface area contributed by atoms with Gasteiger partial charge in [0, 0.05) is 0 Å². The molecule has 6 heteroatoms. The maximum absolute atomic E-state index is 4.81. The number of pyridine rings is 1. The van der Waals surface area contributed by atoms with Gasteiger partial charge in [0.25, 0.3) is 0 Å². The van der Waals surface area contributed by atoms with E-state index >= 15 is 0 Å². The van der Waals surface area contributed by atoms with Gasteiger partial charge in [-0.1, -0.05) is 0 Å². The van der Waals surface area contributed by atoms with Crippen LogP contribution in [0.4, 0.5) is 0 Å². The van der Waals surface area contributed by atoms with Crippen molar-refractivity contribution in [1.82, 2.24) is 24.6 Å². The topological polar surface area (TPSA) is 56.0 Å². The van der Waals surface area contributed by atoms with E-state index in [-0.39, 0.29) is 14.5 Å². The van der Waals surface area contributed by atoms with Crippen LogP contribution in [0.3, 0.4) is 0 Å². The number of aryl methyl sites for hydroxylation is 2.